The first-order valence-corrected chi connectivity index (χ1v) is 7.16. The number of halogens is 2. The smallest absolute Gasteiger partial charge is 0.193 e. The van der Waals surface area contributed by atoms with Crippen LogP contribution in [-0.4, -0.2) is 10.8 Å². The molecule has 4 heteroatoms. The van der Waals surface area contributed by atoms with Gasteiger partial charge in [0.05, 0.1) is 5.02 Å². The molecule has 2 nitrogen and oxygen atoms in total. The molecule has 2 aromatic carbocycles. The molecule has 0 bridgehead atoms. The van der Waals surface area contributed by atoms with Gasteiger partial charge in [0.2, 0.25) is 0 Å². The third-order valence-corrected chi connectivity index (χ3v) is 4.32. The van der Waals surface area contributed by atoms with Crippen LogP contribution in [0.3, 0.4) is 0 Å². The average Bonchev–Trinajstić information content (AvgIpc) is 2.49. The zero-order valence-electron chi connectivity index (χ0n) is 10.3. The molecule has 0 radical (unpaired) electrons. The zero-order chi connectivity index (χ0) is 14.1. The van der Waals surface area contributed by atoms with Crippen molar-refractivity contribution in [1.29, 1.82) is 0 Å². The predicted molar refractivity (Wildman–Crippen MR) is 84.3 cm³/mol. The Kier molecular flexibility index (Phi) is 3.55. The number of rotatable bonds is 2. The van der Waals surface area contributed by atoms with Crippen molar-refractivity contribution in [3.05, 3.63) is 75.5 Å². The van der Waals surface area contributed by atoms with E-state index in [0.29, 0.717) is 20.6 Å². The van der Waals surface area contributed by atoms with E-state index in [9.17, 15) is 4.79 Å². The number of carbonyl (C=O) groups is 1. The minimum atomic E-state index is -0.0285. The van der Waals surface area contributed by atoms with Crippen molar-refractivity contribution in [3.8, 4) is 0 Å². The molecule has 0 amide bonds. The van der Waals surface area contributed by atoms with E-state index in [4.69, 9.17) is 11.6 Å². The Morgan fingerprint density at radius 1 is 1.15 bits per heavy atom. The summed E-state index contributed by atoms with van der Waals surface area (Å²) in [4.78, 5) is 16.7. The number of carbonyl (C=O) groups excluding carboxylic acids is 1. The number of nitrogens with zero attached hydrogens (tertiary/aromatic N) is 1. The summed E-state index contributed by atoms with van der Waals surface area (Å²) < 4.78 is 0.715. The van der Waals surface area contributed by atoms with Crippen LogP contribution in [0.2, 0.25) is 5.02 Å². The highest BCUT2D eigenvalue weighted by molar-refractivity contribution is 9.10. The van der Waals surface area contributed by atoms with Crippen LogP contribution < -0.4 is 0 Å². The first-order chi connectivity index (χ1) is 9.66. The average molecular weight is 347 g/mol. The molecule has 1 heterocycles. The highest BCUT2D eigenvalue weighted by Gasteiger charge is 2.13. The summed E-state index contributed by atoms with van der Waals surface area (Å²) in [5, 5.41) is 2.44. The van der Waals surface area contributed by atoms with Gasteiger partial charge in [0.15, 0.2) is 5.78 Å². The second-order valence-electron chi connectivity index (χ2n) is 4.36. The molecule has 20 heavy (non-hydrogen) atoms. The summed E-state index contributed by atoms with van der Waals surface area (Å²) in [5.74, 6) is -0.0285. The molecule has 0 saturated carbocycles. The topological polar surface area (TPSA) is 30.0 Å². The molecule has 0 atom stereocenters. The summed E-state index contributed by atoms with van der Waals surface area (Å²) >= 11 is 9.30. The fraction of sp³-hybridized carbons (Fsp3) is 0. The summed E-state index contributed by atoms with van der Waals surface area (Å²) in [6, 6.07) is 12.7. The van der Waals surface area contributed by atoms with E-state index in [1.165, 1.54) is 0 Å². The highest BCUT2D eigenvalue weighted by atomic mass is 79.9. The van der Waals surface area contributed by atoms with Gasteiger partial charge in [0.1, 0.15) is 0 Å². The summed E-state index contributed by atoms with van der Waals surface area (Å²) in [5.41, 5.74) is 1.27. The number of fused-ring (bicyclic) bond motifs is 1. The van der Waals surface area contributed by atoms with Crippen LogP contribution in [0.4, 0.5) is 0 Å². The van der Waals surface area contributed by atoms with E-state index in [2.05, 4.69) is 20.9 Å². The molecule has 0 aliphatic heterocycles. The highest BCUT2D eigenvalue weighted by Crippen LogP contribution is 2.26. The van der Waals surface area contributed by atoms with E-state index >= 15 is 0 Å². The maximum absolute atomic E-state index is 12.6. The Labute approximate surface area is 129 Å². The van der Waals surface area contributed by atoms with Crippen LogP contribution >= 0.6 is 27.5 Å². The third kappa shape index (κ3) is 2.35. The fourth-order valence-corrected chi connectivity index (χ4v) is 2.61. The molecule has 0 aliphatic rings. The molecular formula is C16H9BrClNO. The first kappa shape index (κ1) is 13.3. The van der Waals surface area contributed by atoms with Crippen molar-refractivity contribution in [1.82, 2.24) is 4.98 Å². The molecule has 0 N–H and O–H groups in total. The Hall–Kier alpha value is -1.71. The van der Waals surface area contributed by atoms with E-state index in [0.717, 1.165) is 10.8 Å². The Morgan fingerprint density at radius 3 is 2.80 bits per heavy atom. The van der Waals surface area contributed by atoms with E-state index in [1.54, 1.807) is 30.6 Å². The molecule has 0 saturated heterocycles. The van der Waals surface area contributed by atoms with Crippen LogP contribution in [0.25, 0.3) is 10.8 Å². The second kappa shape index (κ2) is 5.35. The SMILES string of the molecule is O=C(c1ccc(Cl)c(Br)c1)c1cccc2cnccc12. The lowest BCUT2D eigenvalue weighted by Gasteiger charge is -2.06. The Balaban J connectivity index is 2.15. The number of benzene rings is 2. The number of pyridine rings is 1. The summed E-state index contributed by atoms with van der Waals surface area (Å²) in [6.45, 7) is 0. The lowest BCUT2D eigenvalue weighted by Crippen LogP contribution is -2.02. The predicted octanol–water partition coefficient (Wildman–Crippen LogP) is 4.88. The lowest BCUT2D eigenvalue weighted by atomic mass is 9.98. The van der Waals surface area contributed by atoms with Gasteiger partial charge in [-0.05, 0) is 45.6 Å². The Bertz CT molecular complexity index is 811. The second-order valence-corrected chi connectivity index (χ2v) is 5.62. The van der Waals surface area contributed by atoms with Crippen LogP contribution in [-0.2, 0) is 0 Å². The number of aromatic nitrogens is 1. The number of hydrogen-bond donors (Lipinski definition) is 0. The van der Waals surface area contributed by atoms with Gasteiger partial charge in [-0.25, -0.2) is 0 Å². The molecule has 3 rings (SSSR count). The lowest BCUT2D eigenvalue weighted by molar-refractivity contribution is 0.104. The van der Waals surface area contributed by atoms with Crippen molar-refractivity contribution < 1.29 is 4.79 Å². The van der Waals surface area contributed by atoms with Crippen LogP contribution in [0.5, 0.6) is 0 Å². The monoisotopic (exact) mass is 345 g/mol. The zero-order valence-corrected chi connectivity index (χ0v) is 12.6. The third-order valence-electron chi connectivity index (χ3n) is 3.11. The summed E-state index contributed by atoms with van der Waals surface area (Å²) in [6.07, 6.45) is 3.45. The summed E-state index contributed by atoms with van der Waals surface area (Å²) in [7, 11) is 0. The molecule has 0 spiro atoms. The van der Waals surface area contributed by atoms with Crippen molar-refractivity contribution in [2.75, 3.05) is 0 Å². The van der Waals surface area contributed by atoms with Gasteiger partial charge in [-0.15, -0.1) is 0 Å². The molecule has 98 valence electrons. The first-order valence-electron chi connectivity index (χ1n) is 5.99. The van der Waals surface area contributed by atoms with Gasteiger partial charge in [0, 0.05) is 33.4 Å². The maximum atomic E-state index is 12.6. The molecule has 3 aromatic rings. The molecule has 0 unspecified atom stereocenters. The largest absolute Gasteiger partial charge is 0.289 e. The number of hydrogen-bond acceptors (Lipinski definition) is 2. The van der Waals surface area contributed by atoms with E-state index in [1.807, 2.05) is 24.3 Å². The molecule has 1 aromatic heterocycles. The van der Waals surface area contributed by atoms with Crippen LogP contribution in [0.1, 0.15) is 15.9 Å². The van der Waals surface area contributed by atoms with Gasteiger partial charge >= 0.3 is 0 Å². The molecule has 0 fully saturated rings. The van der Waals surface area contributed by atoms with Crippen LogP contribution in [0.15, 0.2) is 59.3 Å². The standard InChI is InChI=1S/C16H9BrClNO/c17-14-8-10(4-5-15(14)18)16(20)13-3-1-2-11-9-19-7-6-12(11)13/h1-9H. The minimum Gasteiger partial charge on any atom is -0.289 e. The van der Waals surface area contributed by atoms with E-state index < -0.39 is 0 Å². The van der Waals surface area contributed by atoms with Crippen molar-refractivity contribution >= 4 is 44.1 Å². The Morgan fingerprint density at radius 2 is 2.00 bits per heavy atom. The minimum absolute atomic E-state index is 0.0285. The van der Waals surface area contributed by atoms with E-state index in [-0.39, 0.29) is 5.78 Å². The van der Waals surface area contributed by atoms with Gasteiger partial charge in [0.25, 0.3) is 0 Å². The van der Waals surface area contributed by atoms with Gasteiger partial charge in [-0.3, -0.25) is 9.78 Å². The molecule has 0 aliphatic carbocycles. The van der Waals surface area contributed by atoms with Crippen molar-refractivity contribution in [3.63, 3.8) is 0 Å². The molecular weight excluding hydrogens is 338 g/mol. The quantitative estimate of drug-likeness (QED) is 0.619. The maximum Gasteiger partial charge on any atom is 0.193 e. The van der Waals surface area contributed by atoms with Gasteiger partial charge in [-0.1, -0.05) is 29.8 Å². The normalized spacial score (nSPS) is 10.7. The van der Waals surface area contributed by atoms with Gasteiger partial charge < -0.3 is 0 Å². The van der Waals surface area contributed by atoms with Crippen molar-refractivity contribution in [2.45, 2.75) is 0 Å². The fourth-order valence-electron chi connectivity index (χ4n) is 2.11. The number of ketones is 1. The van der Waals surface area contributed by atoms with Crippen molar-refractivity contribution in [2.24, 2.45) is 0 Å². The van der Waals surface area contributed by atoms with Gasteiger partial charge in [-0.2, -0.15) is 0 Å². The van der Waals surface area contributed by atoms with Crippen LogP contribution in [0, 0.1) is 0 Å².